The molecule has 0 aliphatic carbocycles. The lowest BCUT2D eigenvalue weighted by molar-refractivity contribution is -0.143. The highest BCUT2D eigenvalue weighted by molar-refractivity contribution is 5.94. The quantitative estimate of drug-likeness (QED) is 0.861. The maximum atomic E-state index is 11.9. The fourth-order valence-corrected chi connectivity index (χ4v) is 2.19. The van der Waals surface area contributed by atoms with Crippen LogP contribution in [0, 0.1) is 6.92 Å². The molecule has 1 atom stereocenters. The highest BCUT2D eigenvalue weighted by Crippen LogP contribution is 2.08. The number of nitrogens with one attached hydrogen (secondary N) is 1. The Hall–Kier alpha value is -1.84. The van der Waals surface area contributed by atoms with Gasteiger partial charge in [-0.3, -0.25) is 9.59 Å². The first-order valence-electron chi connectivity index (χ1n) is 6.20. The molecule has 1 aliphatic rings. The van der Waals surface area contributed by atoms with Crippen molar-refractivity contribution in [1.82, 2.24) is 10.2 Å². The molecule has 1 aliphatic heterocycles. The number of carbonyl (C=O) groups excluding carboxylic acids is 2. The van der Waals surface area contributed by atoms with Gasteiger partial charge < -0.3 is 10.2 Å². The molecule has 0 spiro atoms. The van der Waals surface area contributed by atoms with Gasteiger partial charge in [0, 0.05) is 6.54 Å². The Balaban J connectivity index is 1.97. The summed E-state index contributed by atoms with van der Waals surface area (Å²) in [5.41, 5.74) is 2.41. The van der Waals surface area contributed by atoms with Crippen LogP contribution in [-0.2, 0) is 16.0 Å². The number of hydrogen-bond donors (Lipinski definition) is 1. The second kappa shape index (κ2) is 5.21. The third-order valence-corrected chi connectivity index (χ3v) is 3.15. The van der Waals surface area contributed by atoms with Gasteiger partial charge in [-0.1, -0.05) is 29.8 Å². The van der Waals surface area contributed by atoms with Crippen molar-refractivity contribution in [3.8, 4) is 0 Å². The predicted molar refractivity (Wildman–Crippen MR) is 69.1 cm³/mol. The molecule has 0 radical (unpaired) electrons. The van der Waals surface area contributed by atoms with Crippen LogP contribution < -0.4 is 5.32 Å². The average Bonchev–Trinajstić information content (AvgIpc) is 2.32. The van der Waals surface area contributed by atoms with Crippen LogP contribution >= 0.6 is 0 Å². The SMILES string of the molecule is Cc1cccc(CCN2CC(=O)NC(C)C2=O)c1. The summed E-state index contributed by atoms with van der Waals surface area (Å²) in [7, 11) is 0. The van der Waals surface area contributed by atoms with Crippen molar-refractivity contribution < 1.29 is 9.59 Å². The molecule has 1 heterocycles. The number of piperazine rings is 1. The van der Waals surface area contributed by atoms with E-state index in [0.717, 1.165) is 6.42 Å². The summed E-state index contributed by atoms with van der Waals surface area (Å²) < 4.78 is 0. The Morgan fingerprint density at radius 1 is 1.39 bits per heavy atom. The Morgan fingerprint density at radius 3 is 2.89 bits per heavy atom. The smallest absolute Gasteiger partial charge is 0.245 e. The minimum absolute atomic E-state index is 0.00209. The van der Waals surface area contributed by atoms with Gasteiger partial charge in [-0.05, 0) is 25.8 Å². The third-order valence-electron chi connectivity index (χ3n) is 3.15. The van der Waals surface area contributed by atoms with Gasteiger partial charge in [-0.25, -0.2) is 0 Å². The van der Waals surface area contributed by atoms with Gasteiger partial charge in [0.2, 0.25) is 11.8 Å². The molecule has 2 amide bonds. The highest BCUT2D eigenvalue weighted by Gasteiger charge is 2.28. The van der Waals surface area contributed by atoms with E-state index >= 15 is 0 Å². The van der Waals surface area contributed by atoms with Crippen LogP contribution in [0.3, 0.4) is 0 Å². The van der Waals surface area contributed by atoms with Crippen molar-refractivity contribution in [3.63, 3.8) is 0 Å². The molecule has 18 heavy (non-hydrogen) atoms. The number of benzene rings is 1. The summed E-state index contributed by atoms with van der Waals surface area (Å²) in [6, 6.07) is 7.81. The first-order chi connectivity index (χ1) is 8.56. The fourth-order valence-electron chi connectivity index (χ4n) is 2.19. The van der Waals surface area contributed by atoms with Gasteiger partial charge >= 0.3 is 0 Å². The topological polar surface area (TPSA) is 49.4 Å². The average molecular weight is 246 g/mol. The Bertz CT molecular complexity index is 471. The maximum Gasteiger partial charge on any atom is 0.245 e. The molecule has 1 N–H and O–H groups in total. The summed E-state index contributed by atoms with van der Waals surface area (Å²) in [4.78, 5) is 24.9. The van der Waals surface area contributed by atoms with E-state index in [9.17, 15) is 9.59 Å². The first kappa shape index (κ1) is 12.6. The second-order valence-corrected chi connectivity index (χ2v) is 4.79. The number of aryl methyl sites for hydroxylation is 1. The van der Waals surface area contributed by atoms with Crippen LogP contribution in [0.1, 0.15) is 18.1 Å². The Morgan fingerprint density at radius 2 is 2.17 bits per heavy atom. The zero-order chi connectivity index (χ0) is 13.1. The maximum absolute atomic E-state index is 11.9. The number of hydrogen-bond acceptors (Lipinski definition) is 2. The van der Waals surface area contributed by atoms with Gasteiger partial charge in [0.25, 0.3) is 0 Å². The molecule has 1 aromatic carbocycles. The van der Waals surface area contributed by atoms with E-state index in [1.54, 1.807) is 11.8 Å². The van der Waals surface area contributed by atoms with E-state index in [-0.39, 0.29) is 18.4 Å². The van der Waals surface area contributed by atoms with Crippen molar-refractivity contribution in [2.75, 3.05) is 13.1 Å². The minimum atomic E-state index is -0.399. The van der Waals surface area contributed by atoms with Gasteiger partial charge in [-0.15, -0.1) is 0 Å². The summed E-state index contributed by atoms with van der Waals surface area (Å²) in [5, 5.41) is 2.64. The summed E-state index contributed by atoms with van der Waals surface area (Å²) in [6.45, 7) is 4.54. The lowest BCUT2D eigenvalue weighted by atomic mass is 10.1. The third kappa shape index (κ3) is 2.88. The van der Waals surface area contributed by atoms with Gasteiger partial charge in [0.1, 0.15) is 6.04 Å². The zero-order valence-corrected chi connectivity index (χ0v) is 10.8. The van der Waals surface area contributed by atoms with E-state index in [0.29, 0.717) is 6.54 Å². The van der Waals surface area contributed by atoms with E-state index in [1.807, 2.05) is 25.1 Å². The zero-order valence-electron chi connectivity index (χ0n) is 10.8. The lowest BCUT2D eigenvalue weighted by Gasteiger charge is -2.30. The van der Waals surface area contributed by atoms with E-state index in [1.165, 1.54) is 11.1 Å². The molecule has 0 saturated carbocycles. The fraction of sp³-hybridized carbons (Fsp3) is 0.429. The standard InChI is InChI=1S/C14H18N2O2/c1-10-4-3-5-12(8-10)6-7-16-9-13(17)15-11(2)14(16)18/h3-5,8,11H,6-7,9H2,1-2H3,(H,15,17). The van der Waals surface area contributed by atoms with Crippen molar-refractivity contribution in [2.45, 2.75) is 26.3 Å². The van der Waals surface area contributed by atoms with Crippen LogP contribution in [0.2, 0.25) is 0 Å². The van der Waals surface area contributed by atoms with Gasteiger partial charge in [0.05, 0.1) is 6.54 Å². The molecule has 4 heteroatoms. The largest absolute Gasteiger partial charge is 0.343 e. The molecule has 2 rings (SSSR count). The minimum Gasteiger partial charge on any atom is -0.343 e. The van der Waals surface area contributed by atoms with Crippen LogP contribution in [0.15, 0.2) is 24.3 Å². The molecule has 1 unspecified atom stereocenters. The number of nitrogens with zero attached hydrogens (tertiary/aromatic N) is 1. The van der Waals surface area contributed by atoms with Crippen molar-refractivity contribution >= 4 is 11.8 Å². The summed E-state index contributed by atoms with van der Waals surface area (Å²) in [5.74, 6) is -0.0754. The molecule has 1 saturated heterocycles. The van der Waals surface area contributed by atoms with Gasteiger partial charge in [0.15, 0.2) is 0 Å². The number of carbonyl (C=O) groups is 2. The van der Waals surface area contributed by atoms with Crippen molar-refractivity contribution in [1.29, 1.82) is 0 Å². The molecule has 4 nitrogen and oxygen atoms in total. The molecular formula is C14H18N2O2. The number of amides is 2. The Kier molecular flexibility index (Phi) is 3.65. The predicted octanol–water partition coefficient (Wildman–Crippen LogP) is 0.884. The molecule has 1 aromatic rings. The molecule has 0 aromatic heterocycles. The van der Waals surface area contributed by atoms with E-state index in [4.69, 9.17) is 0 Å². The van der Waals surface area contributed by atoms with E-state index < -0.39 is 6.04 Å². The normalized spacial score (nSPS) is 19.9. The summed E-state index contributed by atoms with van der Waals surface area (Å²) in [6.07, 6.45) is 0.785. The van der Waals surface area contributed by atoms with Crippen molar-refractivity contribution in [2.24, 2.45) is 0 Å². The lowest BCUT2D eigenvalue weighted by Crippen LogP contribution is -2.57. The molecular weight excluding hydrogens is 228 g/mol. The molecule has 1 fully saturated rings. The molecule has 0 bridgehead atoms. The number of rotatable bonds is 3. The van der Waals surface area contributed by atoms with Crippen LogP contribution in [0.4, 0.5) is 0 Å². The van der Waals surface area contributed by atoms with E-state index in [2.05, 4.69) is 11.4 Å². The second-order valence-electron chi connectivity index (χ2n) is 4.79. The van der Waals surface area contributed by atoms with Gasteiger partial charge in [-0.2, -0.15) is 0 Å². The van der Waals surface area contributed by atoms with Crippen molar-refractivity contribution in [3.05, 3.63) is 35.4 Å². The Labute approximate surface area is 107 Å². The molecule has 96 valence electrons. The highest BCUT2D eigenvalue weighted by atomic mass is 16.2. The summed E-state index contributed by atoms with van der Waals surface area (Å²) >= 11 is 0. The van der Waals surface area contributed by atoms with Crippen LogP contribution in [0.5, 0.6) is 0 Å². The monoisotopic (exact) mass is 246 g/mol. The first-order valence-corrected chi connectivity index (χ1v) is 6.20. The van der Waals surface area contributed by atoms with Crippen LogP contribution in [-0.4, -0.2) is 35.8 Å². The van der Waals surface area contributed by atoms with Crippen LogP contribution in [0.25, 0.3) is 0 Å².